The van der Waals surface area contributed by atoms with Crippen LogP contribution in [0.25, 0.3) is 11.4 Å². The lowest BCUT2D eigenvalue weighted by Gasteiger charge is -2.44. The number of likely N-dealkylation sites (N-methyl/N-ethyl adjacent to an activating group) is 1. The topological polar surface area (TPSA) is 79.5 Å². The van der Waals surface area contributed by atoms with Gasteiger partial charge in [-0.25, -0.2) is 4.39 Å². The fourth-order valence-electron chi connectivity index (χ4n) is 3.20. The molecule has 0 unspecified atom stereocenters. The molecule has 0 radical (unpaired) electrons. The van der Waals surface area contributed by atoms with Gasteiger partial charge in [-0.1, -0.05) is 17.3 Å². The third-order valence-electron chi connectivity index (χ3n) is 4.96. The molecule has 144 valence electrons. The van der Waals surface area contributed by atoms with Gasteiger partial charge in [0.1, 0.15) is 11.4 Å². The van der Waals surface area contributed by atoms with Gasteiger partial charge in [0.2, 0.25) is 23.5 Å². The Morgan fingerprint density at radius 1 is 1.33 bits per heavy atom. The first-order chi connectivity index (χ1) is 12.7. The molecule has 7 nitrogen and oxygen atoms in total. The summed E-state index contributed by atoms with van der Waals surface area (Å²) in [4.78, 5) is 32.4. The number of piperazine rings is 1. The molecule has 2 amide bonds. The van der Waals surface area contributed by atoms with Gasteiger partial charge in [0.05, 0.1) is 0 Å². The molecule has 0 bridgehead atoms. The zero-order chi connectivity index (χ0) is 19.8. The predicted molar refractivity (Wildman–Crippen MR) is 96.2 cm³/mol. The summed E-state index contributed by atoms with van der Waals surface area (Å²) >= 11 is 0. The number of carbonyl (C=O) groups is 2. The van der Waals surface area contributed by atoms with Crippen LogP contribution in [0.3, 0.4) is 0 Å². The van der Waals surface area contributed by atoms with Gasteiger partial charge in [-0.2, -0.15) is 4.98 Å². The molecule has 0 aliphatic carbocycles. The summed E-state index contributed by atoms with van der Waals surface area (Å²) in [5.74, 6) is 0.0335. The maximum absolute atomic E-state index is 13.7. The molecular weight excluding hydrogens is 351 g/mol. The van der Waals surface area contributed by atoms with Gasteiger partial charge in [0.25, 0.3) is 0 Å². The minimum absolute atomic E-state index is 0.0800. The van der Waals surface area contributed by atoms with E-state index < -0.39 is 5.54 Å². The Morgan fingerprint density at radius 3 is 2.78 bits per heavy atom. The van der Waals surface area contributed by atoms with Crippen LogP contribution in [0.15, 0.2) is 22.7 Å². The Kier molecular flexibility index (Phi) is 4.99. The van der Waals surface area contributed by atoms with Crippen LogP contribution in [0, 0.1) is 12.7 Å². The third kappa shape index (κ3) is 3.70. The first-order valence-electron chi connectivity index (χ1n) is 8.85. The summed E-state index contributed by atoms with van der Waals surface area (Å²) < 4.78 is 18.9. The Morgan fingerprint density at radius 2 is 2.07 bits per heavy atom. The maximum atomic E-state index is 13.7. The van der Waals surface area contributed by atoms with E-state index in [4.69, 9.17) is 4.52 Å². The van der Waals surface area contributed by atoms with Crippen molar-refractivity contribution in [3.63, 3.8) is 0 Å². The molecule has 2 heterocycles. The average molecular weight is 374 g/mol. The molecule has 2 aromatic rings. The molecule has 1 aliphatic rings. The van der Waals surface area contributed by atoms with Crippen molar-refractivity contribution in [1.29, 1.82) is 0 Å². The molecule has 0 saturated carbocycles. The van der Waals surface area contributed by atoms with Crippen molar-refractivity contribution in [1.82, 2.24) is 19.9 Å². The van der Waals surface area contributed by atoms with E-state index in [1.165, 1.54) is 6.07 Å². The molecule has 8 heteroatoms. The largest absolute Gasteiger partial charge is 0.342 e. The minimum atomic E-state index is -0.872. The summed E-state index contributed by atoms with van der Waals surface area (Å²) in [6, 6.07) is 4.72. The number of rotatable bonds is 4. The van der Waals surface area contributed by atoms with Crippen LogP contribution in [0.5, 0.6) is 0 Å². The van der Waals surface area contributed by atoms with Crippen LogP contribution in [-0.2, 0) is 16.0 Å². The number of amides is 2. The molecule has 0 N–H and O–H groups in total. The van der Waals surface area contributed by atoms with Crippen molar-refractivity contribution >= 4 is 11.8 Å². The molecule has 1 saturated heterocycles. The standard InChI is InChI=1S/C19H23FN4O3/c1-12-5-6-13(11-14(12)20)17-21-15(27-22-17)7-8-16(25)24-10-9-23(4)18(26)19(24,2)3/h5-6,11H,7-10H2,1-4H3. The molecule has 1 aromatic heterocycles. The zero-order valence-corrected chi connectivity index (χ0v) is 16.0. The van der Waals surface area contributed by atoms with E-state index in [1.54, 1.807) is 49.8 Å². The van der Waals surface area contributed by atoms with E-state index in [0.29, 0.717) is 30.1 Å². The highest BCUT2D eigenvalue weighted by Crippen LogP contribution is 2.23. The molecule has 1 fully saturated rings. The molecule has 0 atom stereocenters. The Labute approximate surface area is 157 Å². The zero-order valence-electron chi connectivity index (χ0n) is 16.0. The highest BCUT2D eigenvalue weighted by molar-refractivity contribution is 5.91. The fraction of sp³-hybridized carbons (Fsp3) is 0.474. The predicted octanol–water partition coefficient (Wildman–Crippen LogP) is 2.20. The first-order valence-corrected chi connectivity index (χ1v) is 8.85. The number of nitrogens with zero attached hydrogens (tertiary/aromatic N) is 4. The summed E-state index contributed by atoms with van der Waals surface area (Å²) in [7, 11) is 1.74. The van der Waals surface area contributed by atoms with Crippen LogP contribution < -0.4 is 0 Å². The lowest BCUT2D eigenvalue weighted by atomic mass is 9.97. The Bertz CT molecular complexity index is 878. The number of carbonyl (C=O) groups excluding carboxylic acids is 2. The molecule has 27 heavy (non-hydrogen) atoms. The maximum Gasteiger partial charge on any atom is 0.247 e. The van der Waals surface area contributed by atoms with E-state index in [2.05, 4.69) is 10.1 Å². The minimum Gasteiger partial charge on any atom is -0.342 e. The van der Waals surface area contributed by atoms with Crippen LogP contribution in [0.4, 0.5) is 4.39 Å². The monoisotopic (exact) mass is 374 g/mol. The van der Waals surface area contributed by atoms with E-state index in [-0.39, 0.29) is 36.3 Å². The van der Waals surface area contributed by atoms with Crippen molar-refractivity contribution in [3.05, 3.63) is 35.5 Å². The number of hydrogen-bond acceptors (Lipinski definition) is 5. The van der Waals surface area contributed by atoms with Crippen LogP contribution in [0.1, 0.15) is 31.7 Å². The molecule has 1 aliphatic heterocycles. The first kappa shape index (κ1) is 19.0. The van der Waals surface area contributed by atoms with Crippen molar-refractivity contribution in [2.75, 3.05) is 20.1 Å². The van der Waals surface area contributed by atoms with E-state index in [1.807, 2.05) is 0 Å². The molecular formula is C19H23FN4O3. The van der Waals surface area contributed by atoms with Crippen molar-refractivity contribution < 1.29 is 18.5 Å². The summed E-state index contributed by atoms with van der Waals surface area (Å²) in [6.45, 7) is 6.18. The average Bonchev–Trinajstić information content (AvgIpc) is 3.09. The van der Waals surface area contributed by atoms with Crippen molar-refractivity contribution in [2.24, 2.45) is 0 Å². The number of aromatic nitrogens is 2. The molecule has 0 spiro atoms. The lowest BCUT2D eigenvalue weighted by molar-refractivity contribution is -0.157. The van der Waals surface area contributed by atoms with Gasteiger partial charge in [-0.3, -0.25) is 9.59 Å². The second-order valence-corrected chi connectivity index (χ2v) is 7.31. The normalized spacial score (nSPS) is 16.7. The van der Waals surface area contributed by atoms with Gasteiger partial charge >= 0.3 is 0 Å². The third-order valence-corrected chi connectivity index (χ3v) is 4.96. The quantitative estimate of drug-likeness (QED) is 0.820. The van der Waals surface area contributed by atoms with E-state index in [9.17, 15) is 14.0 Å². The van der Waals surface area contributed by atoms with E-state index in [0.717, 1.165) is 0 Å². The SMILES string of the molecule is Cc1ccc(-c2noc(CCC(=O)N3CCN(C)C(=O)C3(C)C)n2)cc1F. The molecule has 1 aromatic carbocycles. The van der Waals surface area contributed by atoms with Gasteiger partial charge < -0.3 is 14.3 Å². The summed E-state index contributed by atoms with van der Waals surface area (Å²) in [5.41, 5.74) is 0.186. The van der Waals surface area contributed by atoms with Gasteiger partial charge in [0.15, 0.2) is 0 Å². The fourth-order valence-corrected chi connectivity index (χ4v) is 3.20. The highest BCUT2D eigenvalue weighted by Gasteiger charge is 2.42. The van der Waals surface area contributed by atoms with Crippen LogP contribution in [0.2, 0.25) is 0 Å². The van der Waals surface area contributed by atoms with Gasteiger partial charge in [0, 0.05) is 38.5 Å². The van der Waals surface area contributed by atoms with Crippen molar-refractivity contribution in [2.45, 2.75) is 39.2 Å². The smallest absolute Gasteiger partial charge is 0.247 e. The number of hydrogen-bond donors (Lipinski definition) is 0. The summed E-state index contributed by atoms with van der Waals surface area (Å²) in [6.07, 6.45) is 0.418. The second kappa shape index (κ2) is 7.09. The number of halogens is 1. The molecule has 3 rings (SSSR count). The van der Waals surface area contributed by atoms with Crippen molar-refractivity contribution in [3.8, 4) is 11.4 Å². The van der Waals surface area contributed by atoms with Gasteiger partial charge in [-0.05, 0) is 32.4 Å². The van der Waals surface area contributed by atoms with Crippen LogP contribution >= 0.6 is 0 Å². The Hall–Kier alpha value is -2.77. The van der Waals surface area contributed by atoms with Gasteiger partial charge in [-0.15, -0.1) is 0 Å². The number of benzene rings is 1. The van der Waals surface area contributed by atoms with E-state index >= 15 is 0 Å². The lowest BCUT2D eigenvalue weighted by Crippen LogP contribution is -2.63. The Balaban J connectivity index is 1.65. The highest BCUT2D eigenvalue weighted by atomic mass is 19.1. The summed E-state index contributed by atoms with van der Waals surface area (Å²) in [5, 5.41) is 3.86. The number of aryl methyl sites for hydroxylation is 2. The van der Waals surface area contributed by atoms with Crippen LogP contribution in [-0.4, -0.2) is 57.4 Å². The second-order valence-electron chi connectivity index (χ2n) is 7.31.